The van der Waals surface area contributed by atoms with Crippen molar-refractivity contribution in [2.24, 2.45) is 5.41 Å². The number of rotatable bonds is 1. The predicted molar refractivity (Wildman–Crippen MR) is 62.3 cm³/mol. The fraction of sp³-hybridized carbons (Fsp3) is 0.909. The van der Waals surface area contributed by atoms with E-state index < -0.39 is 0 Å². The van der Waals surface area contributed by atoms with Crippen molar-refractivity contribution in [1.29, 1.82) is 0 Å². The SMILES string of the molecule is CCC12CN3CCN(CC(Br)(C3)C1=O)C2. The van der Waals surface area contributed by atoms with Gasteiger partial charge in [-0.25, -0.2) is 0 Å². The fourth-order valence-corrected chi connectivity index (χ4v) is 4.65. The Bertz CT molecular complexity index is 302. The van der Waals surface area contributed by atoms with E-state index in [1.807, 2.05) is 0 Å². The Hall–Kier alpha value is 0.0700. The van der Waals surface area contributed by atoms with Crippen LogP contribution in [0, 0.1) is 5.41 Å². The number of hydrogen-bond acceptors (Lipinski definition) is 3. The van der Waals surface area contributed by atoms with E-state index in [1.165, 1.54) is 0 Å². The molecule has 4 aliphatic rings. The molecule has 0 amide bonds. The Kier molecular flexibility index (Phi) is 2.08. The number of nitrogens with zero attached hydrogens (tertiary/aromatic N) is 2. The third-order valence-corrected chi connectivity index (χ3v) is 5.16. The van der Waals surface area contributed by atoms with Gasteiger partial charge in [0.2, 0.25) is 0 Å². The van der Waals surface area contributed by atoms with Crippen LogP contribution < -0.4 is 0 Å². The molecule has 4 heterocycles. The maximum Gasteiger partial charge on any atom is 0.160 e. The van der Waals surface area contributed by atoms with E-state index in [2.05, 4.69) is 32.7 Å². The Labute approximate surface area is 98.9 Å². The van der Waals surface area contributed by atoms with Crippen molar-refractivity contribution < 1.29 is 4.79 Å². The summed E-state index contributed by atoms with van der Waals surface area (Å²) in [5.41, 5.74) is -0.0868. The van der Waals surface area contributed by atoms with Gasteiger partial charge in [0.05, 0.1) is 5.41 Å². The molecule has 4 fully saturated rings. The number of alkyl halides is 1. The van der Waals surface area contributed by atoms with Crippen LogP contribution >= 0.6 is 15.9 Å². The van der Waals surface area contributed by atoms with Crippen molar-refractivity contribution in [2.75, 3.05) is 39.3 Å². The number of ketones is 1. The maximum absolute atomic E-state index is 12.5. The molecular formula is C11H17BrN2O. The first-order valence-corrected chi connectivity index (χ1v) is 6.56. The summed E-state index contributed by atoms with van der Waals surface area (Å²) in [4.78, 5) is 17.4. The van der Waals surface area contributed by atoms with E-state index in [9.17, 15) is 4.79 Å². The van der Waals surface area contributed by atoms with E-state index in [0.717, 1.165) is 45.7 Å². The Morgan fingerprint density at radius 1 is 1.20 bits per heavy atom. The second-order valence-electron chi connectivity index (χ2n) is 5.35. The van der Waals surface area contributed by atoms with E-state index in [-0.39, 0.29) is 9.74 Å². The summed E-state index contributed by atoms with van der Waals surface area (Å²) in [6, 6.07) is 0. The van der Waals surface area contributed by atoms with Crippen LogP contribution in [-0.2, 0) is 4.79 Å². The van der Waals surface area contributed by atoms with Crippen molar-refractivity contribution in [3.8, 4) is 0 Å². The van der Waals surface area contributed by atoms with Crippen LogP contribution in [0.3, 0.4) is 0 Å². The molecule has 84 valence electrons. The lowest BCUT2D eigenvalue weighted by Crippen LogP contribution is -2.68. The van der Waals surface area contributed by atoms with E-state index in [0.29, 0.717) is 5.78 Å². The highest BCUT2D eigenvalue weighted by atomic mass is 79.9. The van der Waals surface area contributed by atoms with Gasteiger partial charge in [-0.05, 0) is 6.42 Å². The minimum atomic E-state index is -0.268. The summed E-state index contributed by atoms with van der Waals surface area (Å²) < 4.78 is -0.268. The summed E-state index contributed by atoms with van der Waals surface area (Å²) in [7, 11) is 0. The lowest BCUT2D eigenvalue weighted by atomic mass is 9.69. The zero-order chi connectivity index (χ0) is 10.7. The first-order chi connectivity index (χ1) is 7.08. The number of carbonyl (C=O) groups excluding carboxylic acids is 1. The van der Waals surface area contributed by atoms with Crippen molar-refractivity contribution in [2.45, 2.75) is 17.7 Å². The normalized spacial score (nSPS) is 53.3. The molecule has 2 atom stereocenters. The molecule has 4 heteroatoms. The van der Waals surface area contributed by atoms with E-state index >= 15 is 0 Å². The lowest BCUT2D eigenvalue weighted by molar-refractivity contribution is -0.141. The molecule has 0 N–H and O–H groups in total. The summed E-state index contributed by atoms with van der Waals surface area (Å²) in [5, 5.41) is 0. The highest BCUT2D eigenvalue weighted by Gasteiger charge is 2.59. The minimum absolute atomic E-state index is 0.0868. The van der Waals surface area contributed by atoms with Crippen LogP contribution in [0.5, 0.6) is 0 Å². The smallest absolute Gasteiger partial charge is 0.160 e. The number of piperidine rings is 2. The quantitative estimate of drug-likeness (QED) is 0.658. The third-order valence-electron chi connectivity index (χ3n) is 4.30. The molecule has 0 saturated carbocycles. The lowest BCUT2D eigenvalue weighted by Gasteiger charge is -2.51. The molecule has 4 rings (SSSR count). The molecule has 4 saturated heterocycles. The van der Waals surface area contributed by atoms with Gasteiger partial charge in [0.1, 0.15) is 4.32 Å². The average Bonchev–Trinajstić information content (AvgIpc) is 2.41. The van der Waals surface area contributed by atoms with Gasteiger partial charge in [0.25, 0.3) is 0 Å². The fourth-order valence-electron chi connectivity index (χ4n) is 3.52. The molecule has 0 aliphatic carbocycles. The monoisotopic (exact) mass is 272 g/mol. The van der Waals surface area contributed by atoms with Gasteiger partial charge >= 0.3 is 0 Å². The number of Topliss-reactive ketones (excluding diaryl/α,β-unsaturated/α-hetero) is 1. The van der Waals surface area contributed by atoms with Crippen molar-refractivity contribution in [1.82, 2.24) is 9.80 Å². The van der Waals surface area contributed by atoms with Gasteiger partial charge in [-0.1, -0.05) is 22.9 Å². The molecule has 0 aromatic rings. The first-order valence-electron chi connectivity index (χ1n) is 5.77. The molecule has 0 radical (unpaired) electrons. The van der Waals surface area contributed by atoms with Crippen molar-refractivity contribution in [3.63, 3.8) is 0 Å². The molecule has 3 nitrogen and oxygen atoms in total. The van der Waals surface area contributed by atoms with Crippen LogP contribution in [-0.4, -0.2) is 59.2 Å². The second-order valence-corrected chi connectivity index (χ2v) is 6.87. The van der Waals surface area contributed by atoms with Crippen LogP contribution in [0.2, 0.25) is 0 Å². The number of fused-ring (bicyclic) bond motifs is 1. The first kappa shape index (κ1) is 10.2. The Morgan fingerprint density at radius 3 is 2.20 bits per heavy atom. The van der Waals surface area contributed by atoms with Gasteiger partial charge in [-0.3, -0.25) is 14.6 Å². The van der Waals surface area contributed by atoms with Crippen molar-refractivity contribution >= 4 is 21.7 Å². The molecule has 2 unspecified atom stereocenters. The predicted octanol–water partition coefficient (Wildman–Crippen LogP) is 0.730. The molecular weight excluding hydrogens is 256 g/mol. The molecule has 0 aromatic carbocycles. The summed E-state index contributed by atoms with van der Waals surface area (Å²) in [5.74, 6) is 0.465. The topological polar surface area (TPSA) is 23.6 Å². The molecule has 15 heavy (non-hydrogen) atoms. The molecule has 0 spiro atoms. The average molecular weight is 273 g/mol. The zero-order valence-corrected chi connectivity index (χ0v) is 10.7. The molecule has 4 aliphatic heterocycles. The van der Waals surface area contributed by atoms with Gasteiger partial charge < -0.3 is 0 Å². The highest BCUT2D eigenvalue weighted by Crippen LogP contribution is 2.45. The largest absolute Gasteiger partial charge is 0.299 e. The van der Waals surface area contributed by atoms with Gasteiger partial charge in [-0.15, -0.1) is 0 Å². The standard InChI is InChI=1S/C11H17BrN2O/c1-2-10-5-13-3-4-14(6-10)8-11(12,7-13)9(10)15/h2-8H2,1H3. The van der Waals surface area contributed by atoms with Crippen LogP contribution in [0.4, 0.5) is 0 Å². The number of halogens is 1. The van der Waals surface area contributed by atoms with Gasteiger partial charge in [0, 0.05) is 39.3 Å². The highest BCUT2D eigenvalue weighted by molar-refractivity contribution is 9.10. The third kappa shape index (κ3) is 1.28. The van der Waals surface area contributed by atoms with Gasteiger partial charge in [-0.2, -0.15) is 0 Å². The zero-order valence-electron chi connectivity index (χ0n) is 9.13. The number of hydrogen-bond donors (Lipinski definition) is 0. The summed E-state index contributed by atoms with van der Waals surface area (Å²) in [6.07, 6.45) is 0.978. The van der Waals surface area contributed by atoms with Crippen LogP contribution in [0.15, 0.2) is 0 Å². The van der Waals surface area contributed by atoms with Crippen LogP contribution in [0.1, 0.15) is 13.3 Å². The van der Waals surface area contributed by atoms with Gasteiger partial charge in [0.15, 0.2) is 5.78 Å². The van der Waals surface area contributed by atoms with Crippen LogP contribution in [0.25, 0.3) is 0 Å². The maximum atomic E-state index is 12.5. The summed E-state index contributed by atoms with van der Waals surface area (Å²) >= 11 is 3.72. The van der Waals surface area contributed by atoms with E-state index in [1.54, 1.807) is 0 Å². The Balaban J connectivity index is 2.08. The Morgan fingerprint density at radius 2 is 1.73 bits per heavy atom. The second kappa shape index (κ2) is 3.05. The summed E-state index contributed by atoms with van der Waals surface area (Å²) in [6.45, 7) is 8.18. The minimum Gasteiger partial charge on any atom is -0.299 e. The van der Waals surface area contributed by atoms with E-state index in [4.69, 9.17) is 0 Å². The van der Waals surface area contributed by atoms with Crippen molar-refractivity contribution in [3.05, 3.63) is 0 Å². The molecule has 0 aromatic heterocycles. The molecule has 4 bridgehead atoms. The number of carbonyl (C=O) groups is 1.